The van der Waals surface area contributed by atoms with Gasteiger partial charge >= 0.3 is 0 Å². The van der Waals surface area contributed by atoms with Gasteiger partial charge < -0.3 is 10.2 Å². The third kappa shape index (κ3) is 2.50. The van der Waals surface area contributed by atoms with Gasteiger partial charge in [-0.05, 0) is 102 Å². The molecule has 9 atom stereocenters. The smallest absolute Gasteiger partial charge is 0.0630 e. The van der Waals surface area contributed by atoms with Crippen LogP contribution in [0.15, 0.2) is 30.3 Å². The number of aliphatic hydroxyl groups excluding tert-OH is 2. The van der Waals surface area contributed by atoms with E-state index in [-0.39, 0.29) is 44.7 Å². The zero-order valence-electron chi connectivity index (χ0n) is 21.4. The largest absolute Gasteiger partial charge is 0.393 e. The minimum atomic E-state index is -0.233. The number of rotatable bonds is 2. The molecular weight excluding hydrogens is 392 g/mol. The maximum absolute atomic E-state index is 11.8. The van der Waals surface area contributed by atoms with E-state index in [1.54, 1.807) is 0 Å². The summed E-state index contributed by atoms with van der Waals surface area (Å²) >= 11 is 0. The van der Waals surface area contributed by atoms with Crippen LogP contribution in [-0.2, 0) is 6.42 Å². The van der Waals surface area contributed by atoms with Gasteiger partial charge in [0.25, 0.3) is 0 Å². The first-order valence-electron chi connectivity index (χ1n) is 13.3. The van der Waals surface area contributed by atoms with Crippen LogP contribution in [0.4, 0.5) is 0 Å². The average Bonchev–Trinajstić information content (AvgIpc) is 2.95. The van der Waals surface area contributed by atoms with Crippen LogP contribution in [0.25, 0.3) is 0 Å². The molecule has 4 aliphatic carbocycles. The first kappa shape index (κ1) is 22.9. The molecule has 0 saturated heterocycles. The van der Waals surface area contributed by atoms with E-state index in [1.165, 1.54) is 24.8 Å². The molecule has 1 aromatic carbocycles. The van der Waals surface area contributed by atoms with Crippen molar-refractivity contribution in [1.29, 1.82) is 0 Å². The molecule has 0 heterocycles. The Kier molecular flexibility index (Phi) is 4.90. The lowest BCUT2D eigenvalue weighted by molar-refractivity contribution is -0.292. The average molecular weight is 439 g/mol. The molecule has 2 N–H and O–H groups in total. The molecule has 4 fully saturated rings. The van der Waals surface area contributed by atoms with Gasteiger partial charge in [0, 0.05) is 0 Å². The van der Waals surface area contributed by atoms with Crippen molar-refractivity contribution < 1.29 is 10.2 Å². The van der Waals surface area contributed by atoms with Crippen LogP contribution < -0.4 is 0 Å². The predicted molar refractivity (Wildman–Crippen MR) is 131 cm³/mol. The lowest BCUT2D eigenvalue weighted by Gasteiger charge is -2.77. The minimum Gasteiger partial charge on any atom is -0.393 e. The van der Waals surface area contributed by atoms with Crippen LogP contribution in [-0.4, -0.2) is 22.4 Å². The topological polar surface area (TPSA) is 40.5 Å². The van der Waals surface area contributed by atoms with Gasteiger partial charge in [0.2, 0.25) is 0 Å². The Morgan fingerprint density at radius 3 is 2.03 bits per heavy atom. The van der Waals surface area contributed by atoms with Gasteiger partial charge in [-0.15, -0.1) is 0 Å². The molecule has 0 unspecified atom stereocenters. The van der Waals surface area contributed by atoms with E-state index >= 15 is 0 Å². The zero-order valence-corrected chi connectivity index (χ0v) is 21.4. The molecule has 1 aromatic rings. The Balaban J connectivity index is 1.56. The van der Waals surface area contributed by atoms with Crippen molar-refractivity contribution >= 4 is 0 Å². The Morgan fingerprint density at radius 1 is 0.719 bits per heavy atom. The molecule has 32 heavy (non-hydrogen) atoms. The summed E-state index contributed by atoms with van der Waals surface area (Å²) in [4.78, 5) is 0. The van der Waals surface area contributed by atoms with Crippen molar-refractivity contribution in [3.63, 3.8) is 0 Å². The summed E-state index contributed by atoms with van der Waals surface area (Å²) in [5, 5.41) is 22.4. The summed E-state index contributed by atoms with van der Waals surface area (Å²) in [5.74, 6) is 0.334. The highest BCUT2D eigenvalue weighted by Crippen LogP contribution is 2.83. The first-order chi connectivity index (χ1) is 14.9. The molecule has 0 amide bonds. The molecule has 2 heteroatoms. The van der Waals surface area contributed by atoms with E-state index in [0.29, 0.717) is 5.92 Å². The Morgan fingerprint density at radius 2 is 1.34 bits per heavy atom. The van der Waals surface area contributed by atoms with E-state index < -0.39 is 0 Å². The molecule has 5 rings (SSSR count). The van der Waals surface area contributed by atoms with E-state index in [1.807, 2.05) is 0 Å². The fraction of sp³-hybridized carbons (Fsp3) is 0.800. The van der Waals surface area contributed by atoms with Crippen LogP contribution in [0, 0.1) is 38.4 Å². The van der Waals surface area contributed by atoms with Gasteiger partial charge in [-0.2, -0.15) is 0 Å². The highest BCUT2D eigenvalue weighted by atomic mass is 16.3. The second-order valence-electron chi connectivity index (χ2n) is 13.8. The summed E-state index contributed by atoms with van der Waals surface area (Å²) < 4.78 is 0. The molecule has 0 spiro atoms. The van der Waals surface area contributed by atoms with Crippen molar-refractivity contribution in [1.82, 2.24) is 0 Å². The van der Waals surface area contributed by atoms with Crippen molar-refractivity contribution in [2.45, 2.75) is 112 Å². The minimum absolute atomic E-state index is 0.0288. The second-order valence-corrected chi connectivity index (χ2v) is 13.8. The lowest BCUT2D eigenvalue weighted by atomic mass is 9.27. The maximum Gasteiger partial charge on any atom is 0.0630 e. The highest BCUT2D eigenvalue weighted by molar-refractivity contribution is 5.27. The SMILES string of the molecule is C[C@@]12CC[C@]3(C)[C@](C)(CC[C@]4(C)[C@H](O)[C@H](Cc5ccccc5)C[C@@]34C)[C@@]1(C)CC[C@H](O)C2. The normalized spacial score (nSPS) is 55.1. The molecule has 178 valence electrons. The third-order valence-electron chi connectivity index (χ3n) is 13.3. The summed E-state index contributed by atoms with van der Waals surface area (Å²) in [5.41, 5.74) is 2.31. The molecule has 0 bridgehead atoms. The van der Waals surface area contributed by atoms with Gasteiger partial charge in [-0.3, -0.25) is 0 Å². The summed E-state index contributed by atoms with van der Waals surface area (Å²) in [6, 6.07) is 10.8. The molecule has 0 aliphatic heterocycles. The Hall–Kier alpha value is -0.860. The number of hydrogen-bond acceptors (Lipinski definition) is 2. The van der Waals surface area contributed by atoms with Crippen molar-refractivity contribution in [2.24, 2.45) is 38.4 Å². The molecule has 0 radical (unpaired) electrons. The Bertz CT molecular complexity index is 882. The lowest BCUT2D eigenvalue weighted by Crippen LogP contribution is -2.70. The van der Waals surface area contributed by atoms with Crippen LogP contribution in [0.1, 0.15) is 98.5 Å². The van der Waals surface area contributed by atoms with Crippen LogP contribution >= 0.6 is 0 Å². The summed E-state index contributed by atoms with van der Waals surface area (Å²) in [6.45, 7) is 15.3. The fourth-order valence-electron chi connectivity index (χ4n) is 10.4. The number of aliphatic hydroxyl groups is 2. The predicted octanol–water partition coefficient (Wildman–Crippen LogP) is 6.78. The highest BCUT2D eigenvalue weighted by Gasteiger charge is 2.77. The summed E-state index contributed by atoms with van der Waals surface area (Å²) in [6.07, 6.45) is 9.55. The van der Waals surface area contributed by atoms with Gasteiger partial charge in [0.05, 0.1) is 12.2 Å². The quantitative estimate of drug-likeness (QED) is 0.534. The van der Waals surface area contributed by atoms with E-state index in [2.05, 4.69) is 71.9 Å². The van der Waals surface area contributed by atoms with Gasteiger partial charge in [-0.1, -0.05) is 71.9 Å². The van der Waals surface area contributed by atoms with Crippen LogP contribution in [0.2, 0.25) is 0 Å². The molecule has 4 saturated carbocycles. The van der Waals surface area contributed by atoms with Crippen molar-refractivity contribution in [3.8, 4) is 0 Å². The fourth-order valence-corrected chi connectivity index (χ4v) is 10.4. The van der Waals surface area contributed by atoms with Crippen molar-refractivity contribution in [3.05, 3.63) is 35.9 Å². The first-order valence-corrected chi connectivity index (χ1v) is 13.3. The van der Waals surface area contributed by atoms with Crippen LogP contribution in [0.3, 0.4) is 0 Å². The van der Waals surface area contributed by atoms with E-state index in [0.717, 1.165) is 38.5 Å². The third-order valence-corrected chi connectivity index (χ3v) is 13.3. The molecule has 0 aromatic heterocycles. The maximum atomic E-state index is 11.8. The zero-order chi connectivity index (χ0) is 23.2. The summed E-state index contributed by atoms with van der Waals surface area (Å²) in [7, 11) is 0. The van der Waals surface area contributed by atoms with Crippen LogP contribution in [0.5, 0.6) is 0 Å². The van der Waals surface area contributed by atoms with E-state index in [4.69, 9.17) is 0 Å². The second kappa shape index (κ2) is 6.85. The van der Waals surface area contributed by atoms with Gasteiger partial charge in [0.1, 0.15) is 0 Å². The molecule has 2 nitrogen and oxygen atoms in total. The monoisotopic (exact) mass is 438 g/mol. The van der Waals surface area contributed by atoms with E-state index in [9.17, 15) is 10.2 Å². The van der Waals surface area contributed by atoms with Crippen molar-refractivity contribution in [2.75, 3.05) is 0 Å². The standard InChI is InChI=1S/C30H46O2/c1-25-14-16-29(5)28(4,27(25,3)13-12-23(31)20-25)17-15-26(2)24(32)22(19-30(26,29)6)18-21-10-8-7-9-11-21/h7-11,22-24,31-32H,12-20H2,1-6H3/t22-,23+,24-,25+,26-,27+,28-,29-,30-/m1/s1. The number of hydrogen-bond donors (Lipinski definition) is 2. The molecule has 4 aliphatic rings. The van der Waals surface area contributed by atoms with Gasteiger partial charge in [-0.25, -0.2) is 0 Å². The molecular formula is C30H46O2. The number of fused-ring (bicyclic) bond motifs is 5. The Labute approximate surface area is 196 Å². The number of benzene rings is 1. The van der Waals surface area contributed by atoms with Gasteiger partial charge in [0.15, 0.2) is 0 Å².